The summed E-state index contributed by atoms with van der Waals surface area (Å²) in [5.41, 5.74) is 7.28. The van der Waals surface area contributed by atoms with Crippen molar-refractivity contribution in [1.82, 2.24) is 9.97 Å². The summed E-state index contributed by atoms with van der Waals surface area (Å²) in [6, 6.07) is 5.57. The van der Waals surface area contributed by atoms with Crippen LogP contribution in [0.2, 0.25) is 0 Å². The van der Waals surface area contributed by atoms with Crippen LogP contribution in [-0.2, 0) is 0 Å². The van der Waals surface area contributed by atoms with Gasteiger partial charge in [-0.15, -0.1) is 0 Å². The van der Waals surface area contributed by atoms with Crippen LogP contribution in [0.5, 0.6) is 0 Å². The SMILES string of the molecule is CNc1ncnc2ccc(N)cc12. The van der Waals surface area contributed by atoms with Gasteiger partial charge in [-0.05, 0) is 18.2 Å². The molecule has 0 radical (unpaired) electrons. The predicted octanol–water partition coefficient (Wildman–Crippen LogP) is 1.25. The molecule has 1 heterocycles. The third-order valence-corrected chi connectivity index (χ3v) is 1.90. The summed E-state index contributed by atoms with van der Waals surface area (Å²) in [7, 11) is 1.82. The molecule has 2 rings (SSSR count). The molecule has 0 unspecified atom stereocenters. The summed E-state index contributed by atoms with van der Waals surface area (Å²) in [6.07, 6.45) is 1.53. The standard InChI is InChI=1S/C9H10N4/c1-11-9-7-4-6(10)2-3-8(7)12-5-13-9/h2-5H,10H2,1H3,(H,11,12,13). The molecule has 0 fully saturated rings. The van der Waals surface area contributed by atoms with Gasteiger partial charge >= 0.3 is 0 Å². The van der Waals surface area contributed by atoms with E-state index < -0.39 is 0 Å². The number of fused-ring (bicyclic) bond motifs is 1. The monoisotopic (exact) mass is 174 g/mol. The fourth-order valence-corrected chi connectivity index (χ4v) is 1.27. The lowest BCUT2D eigenvalue weighted by Crippen LogP contribution is -1.95. The van der Waals surface area contributed by atoms with Gasteiger partial charge in [-0.25, -0.2) is 9.97 Å². The zero-order valence-electron chi connectivity index (χ0n) is 7.28. The Balaban J connectivity index is 2.79. The minimum atomic E-state index is 0.721. The number of hydrogen-bond acceptors (Lipinski definition) is 4. The lowest BCUT2D eigenvalue weighted by Gasteiger charge is -2.03. The van der Waals surface area contributed by atoms with Gasteiger partial charge in [0.05, 0.1) is 5.52 Å². The van der Waals surface area contributed by atoms with Gasteiger partial charge in [0, 0.05) is 18.1 Å². The highest BCUT2D eigenvalue weighted by Gasteiger charge is 2.00. The van der Waals surface area contributed by atoms with Gasteiger partial charge in [-0.3, -0.25) is 0 Å². The molecule has 0 bridgehead atoms. The predicted molar refractivity (Wildman–Crippen MR) is 53.5 cm³/mol. The summed E-state index contributed by atoms with van der Waals surface area (Å²) < 4.78 is 0. The highest BCUT2D eigenvalue weighted by Crippen LogP contribution is 2.20. The second kappa shape index (κ2) is 2.90. The Hall–Kier alpha value is -1.84. The number of nitrogen functional groups attached to an aromatic ring is 1. The summed E-state index contributed by atoms with van der Waals surface area (Å²) in [5.74, 6) is 0.803. The first-order chi connectivity index (χ1) is 6.31. The van der Waals surface area contributed by atoms with Gasteiger partial charge in [0.2, 0.25) is 0 Å². The van der Waals surface area contributed by atoms with Crippen molar-refractivity contribution in [3.8, 4) is 0 Å². The number of nitrogens with one attached hydrogen (secondary N) is 1. The van der Waals surface area contributed by atoms with Crippen molar-refractivity contribution in [2.24, 2.45) is 0 Å². The molecule has 0 aliphatic rings. The Kier molecular flexibility index (Phi) is 1.73. The molecular formula is C9H10N4. The molecule has 13 heavy (non-hydrogen) atoms. The van der Waals surface area contributed by atoms with E-state index in [-0.39, 0.29) is 0 Å². The van der Waals surface area contributed by atoms with Crippen LogP contribution in [0.4, 0.5) is 11.5 Å². The molecule has 0 saturated carbocycles. The van der Waals surface area contributed by atoms with Gasteiger partial charge in [0.1, 0.15) is 12.1 Å². The van der Waals surface area contributed by atoms with Crippen molar-refractivity contribution in [2.75, 3.05) is 18.1 Å². The fraction of sp³-hybridized carbons (Fsp3) is 0.111. The van der Waals surface area contributed by atoms with Crippen LogP contribution in [0.15, 0.2) is 24.5 Å². The quantitative estimate of drug-likeness (QED) is 0.639. The highest BCUT2D eigenvalue weighted by molar-refractivity contribution is 5.90. The average Bonchev–Trinajstić information content (AvgIpc) is 2.17. The maximum absolute atomic E-state index is 5.66. The van der Waals surface area contributed by atoms with Crippen molar-refractivity contribution >= 4 is 22.4 Å². The highest BCUT2D eigenvalue weighted by atomic mass is 15.0. The lowest BCUT2D eigenvalue weighted by molar-refractivity contribution is 1.21. The molecule has 0 saturated heterocycles. The largest absolute Gasteiger partial charge is 0.399 e. The zero-order valence-corrected chi connectivity index (χ0v) is 7.28. The molecule has 4 nitrogen and oxygen atoms in total. The Morgan fingerprint density at radius 3 is 2.92 bits per heavy atom. The molecule has 66 valence electrons. The van der Waals surface area contributed by atoms with E-state index in [9.17, 15) is 0 Å². The molecule has 0 spiro atoms. The third kappa shape index (κ3) is 1.26. The Morgan fingerprint density at radius 1 is 1.31 bits per heavy atom. The normalized spacial score (nSPS) is 10.2. The molecule has 4 heteroatoms. The third-order valence-electron chi connectivity index (χ3n) is 1.90. The van der Waals surface area contributed by atoms with Crippen LogP contribution >= 0.6 is 0 Å². The second-order valence-electron chi connectivity index (χ2n) is 2.75. The maximum Gasteiger partial charge on any atom is 0.137 e. The molecule has 1 aromatic heterocycles. The Labute approximate surface area is 75.8 Å². The van der Waals surface area contributed by atoms with Crippen LogP contribution in [0.25, 0.3) is 10.9 Å². The molecule has 0 aliphatic heterocycles. The average molecular weight is 174 g/mol. The van der Waals surface area contributed by atoms with Crippen molar-refractivity contribution in [2.45, 2.75) is 0 Å². The number of nitrogens with zero attached hydrogens (tertiary/aromatic N) is 2. The van der Waals surface area contributed by atoms with E-state index in [1.807, 2.05) is 25.2 Å². The lowest BCUT2D eigenvalue weighted by atomic mass is 10.2. The zero-order chi connectivity index (χ0) is 9.26. The van der Waals surface area contributed by atoms with Crippen molar-refractivity contribution in [3.05, 3.63) is 24.5 Å². The van der Waals surface area contributed by atoms with Gasteiger partial charge in [-0.2, -0.15) is 0 Å². The molecule has 0 amide bonds. The number of hydrogen-bond donors (Lipinski definition) is 2. The topological polar surface area (TPSA) is 63.8 Å². The number of nitrogens with two attached hydrogens (primary N) is 1. The first-order valence-corrected chi connectivity index (χ1v) is 3.99. The van der Waals surface area contributed by atoms with E-state index >= 15 is 0 Å². The van der Waals surface area contributed by atoms with Gasteiger partial charge < -0.3 is 11.1 Å². The summed E-state index contributed by atoms with van der Waals surface area (Å²) in [5, 5.41) is 3.94. The van der Waals surface area contributed by atoms with Crippen molar-refractivity contribution in [3.63, 3.8) is 0 Å². The molecule has 1 aromatic carbocycles. The van der Waals surface area contributed by atoms with Crippen LogP contribution in [-0.4, -0.2) is 17.0 Å². The summed E-state index contributed by atoms with van der Waals surface area (Å²) in [6.45, 7) is 0. The van der Waals surface area contributed by atoms with E-state index in [2.05, 4.69) is 15.3 Å². The van der Waals surface area contributed by atoms with Gasteiger partial charge in [0.25, 0.3) is 0 Å². The molecule has 0 aliphatic carbocycles. The maximum atomic E-state index is 5.66. The summed E-state index contributed by atoms with van der Waals surface area (Å²) in [4.78, 5) is 8.21. The smallest absolute Gasteiger partial charge is 0.137 e. The minimum Gasteiger partial charge on any atom is -0.399 e. The van der Waals surface area contributed by atoms with E-state index in [1.165, 1.54) is 6.33 Å². The van der Waals surface area contributed by atoms with Gasteiger partial charge in [-0.1, -0.05) is 0 Å². The first-order valence-electron chi connectivity index (χ1n) is 3.99. The molecular weight excluding hydrogens is 164 g/mol. The number of anilines is 2. The minimum absolute atomic E-state index is 0.721. The Morgan fingerprint density at radius 2 is 2.15 bits per heavy atom. The number of aromatic nitrogens is 2. The van der Waals surface area contributed by atoms with Crippen molar-refractivity contribution < 1.29 is 0 Å². The fourth-order valence-electron chi connectivity index (χ4n) is 1.27. The first kappa shape index (κ1) is 7.79. The summed E-state index contributed by atoms with van der Waals surface area (Å²) >= 11 is 0. The van der Waals surface area contributed by atoms with Crippen molar-refractivity contribution in [1.29, 1.82) is 0 Å². The van der Waals surface area contributed by atoms with E-state index in [0.29, 0.717) is 0 Å². The molecule has 2 aromatic rings. The Bertz CT molecular complexity index is 439. The van der Waals surface area contributed by atoms with E-state index in [0.717, 1.165) is 22.4 Å². The van der Waals surface area contributed by atoms with Crippen LogP contribution in [0.3, 0.4) is 0 Å². The van der Waals surface area contributed by atoms with Crippen LogP contribution < -0.4 is 11.1 Å². The molecule has 0 atom stereocenters. The van der Waals surface area contributed by atoms with Crippen LogP contribution in [0.1, 0.15) is 0 Å². The second-order valence-corrected chi connectivity index (χ2v) is 2.75. The van der Waals surface area contributed by atoms with Gasteiger partial charge in [0.15, 0.2) is 0 Å². The van der Waals surface area contributed by atoms with E-state index in [4.69, 9.17) is 5.73 Å². The number of benzene rings is 1. The number of rotatable bonds is 1. The molecule has 3 N–H and O–H groups in total. The van der Waals surface area contributed by atoms with Crippen LogP contribution in [0, 0.1) is 0 Å². The van der Waals surface area contributed by atoms with E-state index in [1.54, 1.807) is 0 Å².